The molecule has 0 aliphatic rings. The number of fused-ring (bicyclic) bond motifs is 1. The maximum absolute atomic E-state index is 12.6. The van der Waals surface area contributed by atoms with E-state index in [0.717, 1.165) is 4.90 Å². The van der Waals surface area contributed by atoms with Gasteiger partial charge in [-0.25, -0.2) is 4.79 Å². The third-order valence-electron chi connectivity index (χ3n) is 4.08. The van der Waals surface area contributed by atoms with Crippen LogP contribution in [0.3, 0.4) is 0 Å². The zero-order chi connectivity index (χ0) is 19.4. The SMILES string of the molecule is COCC(=O)N(c1c(C)cc2ccccc2c1[N+](=O)[O-])C(C)C(=O)OC. The average molecular weight is 360 g/mol. The van der Waals surface area contributed by atoms with E-state index >= 15 is 0 Å². The van der Waals surface area contributed by atoms with Crippen molar-refractivity contribution < 1.29 is 24.0 Å². The quantitative estimate of drug-likeness (QED) is 0.446. The van der Waals surface area contributed by atoms with Crippen LogP contribution in [0.2, 0.25) is 0 Å². The molecule has 0 saturated carbocycles. The first kappa shape index (κ1) is 19.3. The summed E-state index contributed by atoms with van der Waals surface area (Å²) in [5, 5.41) is 12.9. The second kappa shape index (κ2) is 7.92. The molecule has 0 radical (unpaired) electrons. The Morgan fingerprint density at radius 3 is 2.50 bits per heavy atom. The van der Waals surface area contributed by atoms with E-state index < -0.39 is 22.8 Å². The van der Waals surface area contributed by atoms with Gasteiger partial charge in [0.15, 0.2) is 0 Å². The number of nitrogens with zero attached hydrogens (tertiary/aromatic N) is 2. The third-order valence-corrected chi connectivity index (χ3v) is 4.08. The molecule has 0 spiro atoms. The van der Waals surface area contributed by atoms with Gasteiger partial charge in [-0.15, -0.1) is 0 Å². The maximum Gasteiger partial charge on any atom is 0.328 e. The topological polar surface area (TPSA) is 99.0 Å². The molecule has 0 heterocycles. The van der Waals surface area contributed by atoms with Gasteiger partial charge in [0, 0.05) is 7.11 Å². The number of anilines is 1. The summed E-state index contributed by atoms with van der Waals surface area (Å²) in [7, 11) is 2.53. The number of methoxy groups -OCH3 is 2. The molecule has 1 unspecified atom stereocenters. The highest BCUT2D eigenvalue weighted by Crippen LogP contribution is 2.40. The highest BCUT2D eigenvalue weighted by atomic mass is 16.6. The summed E-state index contributed by atoms with van der Waals surface area (Å²) in [5.74, 6) is -1.26. The Morgan fingerprint density at radius 2 is 1.92 bits per heavy atom. The molecule has 8 heteroatoms. The van der Waals surface area contributed by atoms with Gasteiger partial charge >= 0.3 is 11.7 Å². The van der Waals surface area contributed by atoms with Crippen LogP contribution >= 0.6 is 0 Å². The molecule has 0 aromatic heterocycles. The average Bonchev–Trinajstić information content (AvgIpc) is 2.61. The van der Waals surface area contributed by atoms with Gasteiger partial charge in [0.25, 0.3) is 5.91 Å². The Labute approximate surface area is 150 Å². The lowest BCUT2D eigenvalue weighted by Crippen LogP contribution is -2.46. The predicted molar refractivity (Wildman–Crippen MR) is 96.2 cm³/mol. The van der Waals surface area contributed by atoms with E-state index in [-0.39, 0.29) is 18.0 Å². The first-order valence-electron chi connectivity index (χ1n) is 7.89. The van der Waals surface area contributed by atoms with Crippen LogP contribution < -0.4 is 4.90 Å². The van der Waals surface area contributed by atoms with Crippen molar-refractivity contribution in [3.05, 3.63) is 46.0 Å². The molecule has 1 atom stereocenters. The summed E-state index contributed by atoms with van der Waals surface area (Å²) >= 11 is 0. The van der Waals surface area contributed by atoms with Crippen molar-refractivity contribution >= 4 is 34.0 Å². The Bertz CT molecular complexity index is 864. The molecular formula is C18H20N2O6. The van der Waals surface area contributed by atoms with Gasteiger partial charge in [-0.2, -0.15) is 0 Å². The van der Waals surface area contributed by atoms with Crippen LogP contribution in [-0.4, -0.2) is 43.7 Å². The number of hydrogen-bond donors (Lipinski definition) is 0. The highest BCUT2D eigenvalue weighted by molar-refractivity contribution is 6.07. The van der Waals surface area contributed by atoms with Crippen molar-refractivity contribution in [1.29, 1.82) is 0 Å². The van der Waals surface area contributed by atoms with Gasteiger partial charge in [0.2, 0.25) is 0 Å². The fourth-order valence-electron chi connectivity index (χ4n) is 2.95. The van der Waals surface area contributed by atoms with Gasteiger partial charge < -0.3 is 9.47 Å². The van der Waals surface area contributed by atoms with Crippen molar-refractivity contribution in [1.82, 2.24) is 0 Å². The van der Waals surface area contributed by atoms with Crippen molar-refractivity contribution in [2.75, 3.05) is 25.7 Å². The van der Waals surface area contributed by atoms with Crippen LogP contribution in [0.25, 0.3) is 10.8 Å². The molecule has 2 aromatic rings. The Hall–Kier alpha value is -3.00. The van der Waals surface area contributed by atoms with E-state index in [1.807, 2.05) is 0 Å². The molecular weight excluding hydrogens is 340 g/mol. The van der Waals surface area contributed by atoms with Crippen LogP contribution in [0, 0.1) is 17.0 Å². The van der Waals surface area contributed by atoms with Crippen molar-refractivity contribution in [3.63, 3.8) is 0 Å². The number of nitro benzene ring substituents is 1. The minimum absolute atomic E-state index is 0.0636. The van der Waals surface area contributed by atoms with Gasteiger partial charge in [0.1, 0.15) is 18.3 Å². The minimum atomic E-state index is -1.05. The van der Waals surface area contributed by atoms with Crippen molar-refractivity contribution in [3.8, 4) is 0 Å². The number of nitro groups is 1. The standard InChI is InChI=1S/C18H20N2O6/c1-11-9-13-7-5-6-8-14(13)17(20(23)24)16(11)19(15(21)10-25-3)12(2)18(22)26-4/h5-9,12H,10H2,1-4H3. The number of carbonyl (C=O) groups is 2. The first-order chi connectivity index (χ1) is 12.3. The van der Waals surface area contributed by atoms with E-state index in [0.29, 0.717) is 16.3 Å². The number of rotatable bonds is 6. The number of ether oxygens (including phenoxy) is 2. The first-order valence-corrected chi connectivity index (χ1v) is 7.89. The maximum atomic E-state index is 12.6. The summed E-state index contributed by atoms with van der Waals surface area (Å²) in [6, 6.07) is 7.51. The zero-order valence-electron chi connectivity index (χ0n) is 15.0. The largest absolute Gasteiger partial charge is 0.467 e. The number of hydrogen-bond acceptors (Lipinski definition) is 6. The zero-order valence-corrected chi connectivity index (χ0v) is 15.0. The van der Waals surface area contributed by atoms with Crippen LogP contribution in [-0.2, 0) is 19.1 Å². The van der Waals surface area contributed by atoms with E-state index in [4.69, 9.17) is 9.47 Å². The highest BCUT2D eigenvalue weighted by Gasteiger charge is 2.35. The Kier molecular flexibility index (Phi) is 5.89. The normalized spacial score (nSPS) is 11.8. The third kappa shape index (κ3) is 3.50. The monoisotopic (exact) mass is 360 g/mol. The Balaban J connectivity index is 2.82. The molecule has 2 rings (SSSR count). The van der Waals surface area contributed by atoms with Crippen LogP contribution in [0.4, 0.5) is 11.4 Å². The van der Waals surface area contributed by atoms with Gasteiger partial charge in [-0.05, 0) is 36.9 Å². The number of aryl methyl sites for hydroxylation is 1. The summed E-state index contributed by atoms with van der Waals surface area (Å²) in [4.78, 5) is 37.1. The molecule has 0 N–H and O–H groups in total. The van der Waals surface area contributed by atoms with E-state index in [2.05, 4.69) is 0 Å². The lowest BCUT2D eigenvalue weighted by molar-refractivity contribution is -0.382. The predicted octanol–water partition coefficient (Wildman–Crippen LogP) is 2.60. The Morgan fingerprint density at radius 1 is 1.27 bits per heavy atom. The smallest absolute Gasteiger partial charge is 0.328 e. The summed E-state index contributed by atoms with van der Waals surface area (Å²) in [6.45, 7) is 2.79. The number of amides is 1. The lowest BCUT2D eigenvalue weighted by atomic mass is 10.0. The molecule has 0 saturated heterocycles. The van der Waals surface area contributed by atoms with Crippen molar-refractivity contribution in [2.24, 2.45) is 0 Å². The van der Waals surface area contributed by atoms with Crippen LogP contribution in [0.15, 0.2) is 30.3 Å². The number of esters is 1. The van der Waals surface area contributed by atoms with E-state index in [1.165, 1.54) is 21.1 Å². The molecule has 0 bridgehead atoms. The fourth-order valence-corrected chi connectivity index (χ4v) is 2.95. The fraction of sp³-hybridized carbons (Fsp3) is 0.333. The van der Waals surface area contributed by atoms with Gasteiger partial charge in [-0.3, -0.25) is 19.8 Å². The molecule has 0 fully saturated rings. The second-order valence-corrected chi connectivity index (χ2v) is 5.76. The molecule has 8 nitrogen and oxygen atoms in total. The second-order valence-electron chi connectivity index (χ2n) is 5.76. The molecule has 26 heavy (non-hydrogen) atoms. The van der Waals surface area contributed by atoms with Crippen molar-refractivity contribution in [2.45, 2.75) is 19.9 Å². The minimum Gasteiger partial charge on any atom is -0.467 e. The lowest BCUT2D eigenvalue weighted by Gasteiger charge is -2.28. The molecule has 0 aliphatic heterocycles. The summed E-state index contributed by atoms with van der Waals surface area (Å²) in [5.41, 5.74) is 0.324. The number of benzene rings is 2. The van der Waals surface area contributed by atoms with E-state index in [9.17, 15) is 19.7 Å². The molecule has 2 aromatic carbocycles. The van der Waals surface area contributed by atoms with Crippen LogP contribution in [0.5, 0.6) is 0 Å². The van der Waals surface area contributed by atoms with Gasteiger partial charge in [0.05, 0.1) is 17.4 Å². The summed E-state index contributed by atoms with van der Waals surface area (Å²) in [6.07, 6.45) is 0. The molecule has 1 amide bonds. The molecule has 0 aliphatic carbocycles. The van der Waals surface area contributed by atoms with Crippen LogP contribution in [0.1, 0.15) is 12.5 Å². The van der Waals surface area contributed by atoms with Gasteiger partial charge in [-0.1, -0.05) is 18.2 Å². The number of carbonyl (C=O) groups excluding carboxylic acids is 2. The summed E-state index contributed by atoms with van der Waals surface area (Å²) < 4.78 is 9.61. The van der Waals surface area contributed by atoms with E-state index in [1.54, 1.807) is 37.3 Å². The molecule has 138 valence electrons.